The lowest BCUT2D eigenvalue weighted by atomic mass is 10.2. The number of nitrogens with zero attached hydrogens (tertiary/aromatic N) is 2. The van der Waals surface area contributed by atoms with Gasteiger partial charge in [0, 0.05) is 6.54 Å². The van der Waals surface area contributed by atoms with E-state index in [4.69, 9.17) is 15.2 Å². The lowest BCUT2D eigenvalue weighted by molar-refractivity contribution is -0.144. The molecule has 1 fully saturated rings. The molecular formula is C11H15N3O3. The highest BCUT2D eigenvalue weighted by molar-refractivity contribution is 5.80. The molecule has 1 unspecified atom stereocenters. The average molecular weight is 237 g/mol. The fraction of sp³-hybridized carbons (Fsp3) is 0.455. The first-order valence-corrected chi connectivity index (χ1v) is 5.36. The summed E-state index contributed by atoms with van der Waals surface area (Å²) in [6.07, 6.45) is 1.57. The van der Waals surface area contributed by atoms with Gasteiger partial charge in [-0.25, -0.2) is 9.78 Å². The number of rotatable bonds is 2. The molecule has 1 aliphatic heterocycles. The van der Waals surface area contributed by atoms with Crippen molar-refractivity contribution >= 4 is 17.5 Å². The molecule has 0 radical (unpaired) electrons. The first-order chi connectivity index (χ1) is 8.22. The molecule has 0 spiro atoms. The van der Waals surface area contributed by atoms with Gasteiger partial charge >= 0.3 is 5.97 Å². The molecule has 1 saturated heterocycles. The molecule has 17 heavy (non-hydrogen) atoms. The number of nitrogens with two attached hydrogens (primary N) is 1. The first kappa shape index (κ1) is 11.7. The second-order valence-electron chi connectivity index (χ2n) is 3.76. The number of carbonyl (C=O) groups is 1. The molecule has 1 atom stereocenters. The number of esters is 1. The van der Waals surface area contributed by atoms with Crippen molar-refractivity contribution in [2.45, 2.75) is 6.04 Å². The summed E-state index contributed by atoms with van der Waals surface area (Å²) < 4.78 is 10.0. The lowest BCUT2D eigenvalue weighted by Gasteiger charge is -2.34. The number of morpholine rings is 1. The Hall–Kier alpha value is -1.82. The third-order valence-electron chi connectivity index (χ3n) is 2.67. The summed E-state index contributed by atoms with van der Waals surface area (Å²) in [4.78, 5) is 17.7. The Morgan fingerprint density at radius 1 is 1.65 bits per heavy atom. The zero-order valence-electron chi connectivity index (χ0n) is 9.63. The summed E-state index contributed by atoms with van der Waals surface area (Å²) in [5.74, 6) is 0.390. The van der Waals surface area contributed by atoms with Gasteiger partial charge in [0.1, 0.15) is 5.82 Å². The van der Waals surface area contributed by atoms with Crippen LogP contribution in [0.2, 0.25) is 0 Å². The number of carbonyl (C=O) groups excluding carboxylic acids is 1. The summed E-state index contributed by atoms with van der Waals surface area (Å²) in [5, 5.41) is 0. The van der Waals surface area contributed by atoms with Gasteiger partial charge in [-0.2, -0.15) is 0 Å². The number of hydrogen-bond acceptors (Lipinski definition) is 6. The predicted molar refractivity (Wildman–Crippen MR) is 62.6 cm³/mol. The Morgan fingerprint density at radius 3 is 3.12 bits per heavy atom. The van der Waals surface area contributed by atoms with Gasteiger partial charge in [-0.05, 0) is 12.1 Å². The van der Waals surface area contributed by atoms with Crippen molar-refractivity contribution in [2.75, 3.05) is 37.5 Å². The van der Waals surface area contributed by atoms with Crippen molar-refractivity contribution < 1.29 is 14.3 Å². The van der Waals surface area contributed by atoms with Crippen LogP contribution in [0.5, 0.6) is 0 Å². The largest absolute Gasteiger partial charge is 0.467 e. The summed E-state index contributed by atoms with van der Waals surface area (Å²) in [6, 6.07) is 3.10. The molecular weight excluding hydrogens is 222 g/mol. The van der Waals surface area contributed by atoms with E-state index in [1.54, 1.807) is 18.3 Å². The maximum atomic E-state index is 11.6. The number of anilines is 2. The van der Waals surface area contributed by atoms with Gasteiger partial charge in [-0.1, -0.05) is 0 Å². The monoisotopic (exact) mass is 237 g/mol. The third-order valence-corrected chi connectivity index (χ3v) is 2.67. The van der Waals surface area contributed by atoms with Gasteiger partial charge in [0.15, 0.2) is 6.04 Å². The van der Waals surface area contributed by atoms with Crippen LogP contribution in [-0.4, -0.2) is 43.9 Å². The molecule has 0 saturated carbocycles. The molecule has 0 amide bonds. The maximum Gasteiger partial charge on any atom is 0.330 e. The van der Waals surface area contributed by atoms with E-state index < -0.39 is 6.04 Å². The highest BCUT2D eigenvalue weighted by Crippen LogP contribution is 2.18. The molecule has 2 rings (SSSR count). The van der Waals surface area contributed by atoms with E-state index in [2.05, 4.69) is 4.98 Å². The quantitative estimate of drug-likeness (QED) is 0.732. The first-order valence-electron chi connectivity index (χ1n) is 5.36. The van der Waals surface area contributed by atoms with E-state index in [9.17, 15) is 4.79 Å². The highest BCUT2D eigenvalue weighted by Gasteiger charge is 2.31. The second-order valence-corrected chi connectivity index (χ2v) is 3.76. The van der Waals surface area contributed by atoms with Gasteiger partial charge in [0.2, 0.25) is 0 Å². The van der Waals surface area contributed by atoms with Crippen LogP contribution in [0.3, 0.4) is 0 Å². The molecule has 2 heterocycles. The summed E-state index contributed by atoms with van der Waals surface area (Å²) in [6.45, 7) is 1.50. The number of ether oxygens (including phenoxy) is 2. The van der Waals surface area contributed by atoms with Crippen LogP contribution in [0.4, 0.5) is 11.5 Å². The Kier molecular flexibility index (Phi) is 3.43. The molecule has 6 nitrogen and oxygen atoms in total. The molecule has 6 heteroatoms. The smallest absolute Gasteiger partial charge is 0.330 e. The molecule has 1 aromatic heterocycles. The Labute approximate surface area is 99.3 Å². The second kappa shape index (κ2) is 5.01. The minimum atomic E-state index is -0.440. The van der Waals surface area contributed by atoms with Crippen LogP contribution >= 0.6 is 0 Å². The normalized spacial score (nSPS) is 20.1. The van der Waals surface area contributed by atoms with Crippen LogP contribution in [0.1, 0.15) is 0 Å². The molecule has 0 aliphatic carbocycles. The zero-order valence-corrected chi connectivity index (χ0v) is 9.63. The van der Waals surface area contributed by atoms with Crippen LogP contribution in [0.15, 0.2) is 18.3 Å². The minimum Gasteiger partial charge on any atom is -0.467 e. The minimum absolute atomic E-state index is 0.316. The molecule has 92 valence electrons. The van der Waals surface area contributed by atoms with Crippen molar-refractivity contribution in [3.63, 3.8) is 0 Å². The number of aromatic nitrogens is 1. The molecule has 0 aromatic carbocycles. The van der Waals surface area contributed by atoms with Crippen LogP contribution in [-0.2, 0) is 14.3 Å². The van der Waals surface area contributed by atoms with E-state index in [-0.39, 0.29) is 5.97 Å². The summed E-state index contributed by atoms with van der Waals surface area (Å²) >= 11 is 0. The molecule has 1 aliphatic rings. The Bertz CT molecular complexity index is 393. The number of methoxy groups -OCH3 is 1. The SMILES string of the molecule is COC(=O)C1COCCN1c1ccc(N)cn1. The van der Waals surface area contributed by atoms with Crippen molar-refractivity contribution in [3.8, 4) is 0 Å². The fourth-order valence-electron chi connectivity index (χ4n) is 1.78. The maximum absolute atomic E-state index is 11.6. The van der Waals surface area contributed by atoms with E-state index in [0.717, 1.165) is 0 Å². The number of pyridine rings is 1. The van der Waals surface area contributed by atoms with E-state index in [1.807, 2.05) is 4.90 Å². The van der Waals surface area contributed by atoms with Gasteiger partial charge in [-0.3, -0.25) is 0 Å². The van der Waals surface area contributed by atoms with Gasteiger partial charge in [0.25, 0.3) is 0 Å². The molecule has 0 bridgehead atoms. The standard InChI is InChI=1S/C11H15N3O3/c1-16-11(15)9-7-17-5-4-14(9)10-3-2-8(12)6-13-10/h2-3,6,9H,4-5,7,12H2,1H3. The highest BCUT2D eigenvalue weighted by atomic mass is 16.5. The summed E-state index contributed by atoms with van der Waals surface area (Å²) in [7, 11) is 1.37. The topological polar surface area (TPSA) is 77.7 Å². The Morgan fingerprint density at radius 2 is 2.47 bits per heavy atom. The summed E-state index contributed by atoms with van der Waals surface area (Å²) in [5.41, 5.74) is 6.17. The molecule has 1 aromatic rings. The number of hydrogen-bond donors (Lipinski definition) is 1. The van der Waals surface area contributed by atoms with Crippen molar-refractivity contribution in [3.05, 3.63) is 18.3 Å². The van der Waals surface area contributed by atoms with Gasteiger partial charge < -0.3 is 20.1 Å². The van der Waals surface area contributed by atoms with Crippen molar-refractivity contribution in [1.82, 2.24) is 4.98 Å². The van der Waals surface area contributed by atoms with E-state index in [1.165, 1.54) is 7.11 Å². The van der Waals surface area contributed by atoms with Crippen LogP contribution in [0, 0.1) is 0 Å². The predicted octanol–water partition coefficient (Wildman–Crippen LogP) is 0.0420. The van der Waals surface area contributed by atoms with Gasteiger partial charge in [0.05, 0.1) is 32.2 Å². The van der Waals surface area contributed by atoms with E-state index in [0.29, 0.717) is 31.3 Å². The van der Waals surface area contributed by atoms with E-state index >= 15 is 0 Å². The van der Waals surface area contributed by atoms with Crippen molar-refractivity contribution in [1.29, 1.82) is 0 Å². The third kappa shape index (κ3) is 2.47. The van der Waals surface area contributed by atoms with Crippen molar-refractivity contribution in [2.24, 2.45) is 0 Å². The zero-order chi connectivity index (χ0) is 12.3. The van der Waals surface area contributed by atoms with Crippen LogP contribution < -0.4 is 10.6 Å². The van der Waals surface area contributed by atoms with Gasteiger partial charge in [-0.15, -0.1) is 0 Å². The fourth-order valence-corrected chi connectivity index (χ4v) is 1.78. The number of nitrogen functional groups attached to an aromatic ring is 1. The Balaban J connectivity index is 2.21. The molecule has 2 N–H and O–H groups in total. The van der Waals surface area contributed by atoms with Crippen LogP contribution in [0.25, 0.3) is 0 Å². The average Bonchev–Trinajstić information content (AvgIpc) is 2.39. The lowest BCUT2D eigenvalue weighted by Crippen LogP contribution is -2.50.